The molecule has 0 amide bonds. The zero-order valence-corrected chi connectivity index (χ0v) is 5.92. The van der Waals surface area contributed by atoms with Gasteiger partial charge in [0.1, 0.15) is 0 Å². The Labute approximate surface area is 41.7 Å². The van der Waals surface area contributed by atoms with E-state index in [0.717, 1.165) is 0 Å². The third-order valence-corrected chi connectivity index (χ3v) is 1.13. The molecule has 0 fully saturated rings. The van der Waals surface area contributed by atoms with Crippen molar-refractivity contribution in [3.63, 3.8) is 0 Å². The van der Waals surface area contributed by atoms with Gasteiger partial charge in [-0.2, -0.15) is 0 Å². The van der Waals surface area contributed by atoms with Crippen LogP contribution in [0.15, 0.2) is 12.7 Å². The zero-order valence-electron chi connectivity index (χ0n) is 2.44. The Balaban J connectivity index is 2.30. The molecule has 0 aliphatic heterocycles. The van der Waals surface area contributed by atoms with Crippen molar-refractivity contribution in [2.75, 3.05) is 0 Å². The summed E-state index contributed by atoms with van der Waals surface area (Å²) < 4.78 is 1.19. The average molecular weight is 250 g/mol. The molecule has 0 saturated heterocycles. The molecular weight excluding hydrogens is 245 g/mol. The van der Waals surface area contributed by atoms with Crippen molar-refractivity contribution in [3.05, 3.63) is 12.7 Å². The van der Waals surface area contributed by atoms with Crippen LogP contribution in [0.3, 0.4) is 0 Å². The van der Waals surface area contributed by atoms with E-state index in [0.29, 0.717) is 0 Å². The average Bonchev–Trinajstić information content (AvgIpc) is 1.37. The predicted octanol–water partition coefficient (Wildman–Crippen LogP) is 0.759. The Morgan fingerprint density at radius 2 is 2.25 bits per heavy atom. The number of allylic oxidation sites excluding steroid dienone is 1. The van der Waals surface area contributed by atoms with Crippen LogP contribution < -0.4 is 0 Å². The van der Waals surface area contributed by atoms with Gasteiger partial charge in [-0.1, -0.05) is 0 Å². The van der Waals surface area contributed by atoms with Gasteiger partial charge in [-0.05, 0) is 0 Å². The van der Waals surface area contributed by atoms with Gasteiger partial charge < -0.3 is 0 Å². The van der Waals surface area contributed by atoms with Gasteiger partial charge in [0.25, 0.3) is 0 Å². The van der Waals surface area contributed by atoms with Crippen LogP contribution in [-0.4, -0.2) is 24.7 Å². The topological polar surface area (TPSA) is 0 Å². The summed E-state index contributed by atoms with van der Waals surface area (Å²) in [6.45, 7) is 3.51. The summed E-state index contributed by atoms with van der Waals surface area (Å²) in [4.78, 5) is 0. The second-order valence-electron chi connectivity index (χ2n) is 0.471. The quantitative estimate of drug-likeness (QED) is 0.476. The number of hydrogen-bond acceptors (Lipinski definition) is 0. The molecule has 0 atom stereocenters. The molecule has 0 aromatic rings. The molecule has 0 rings (SSSR count). The number of rotatable bonds is 1. The molecular formula is C3H5Bi. The van der Waals surface area contributed by atoms with E-state index in [1.54, 1.807) is 0 Å². The van der Waals surface area contributed by atoms with E-state index in [2.05, 4.69) is 6.58 Å². The first-order chi connectivity index (χ1) is 1.91. The molecule has 0 nitrogen and oxygen atoms in total. The molecule has 22 valence electrons. The van der Waals surface area contributed by atoms with E-state index in [4.69, 9.17) is 0 Å². The first-order valence-electron chi connectivity index (χ1n) is 1.13. The second-order valence-corrected chi connectivity index (χ2v) is 1.89. The van der Waals surface area contributed by atoms with Crippen molar-refractivity contribution < 1.29 is 0 Å². The van der Waals surface area contributed by atoms with Gasteiger partial charge in [-0.3, -0.25) is 0 Å². The normalized spacial score (nSPS) is 6.25. The Morgan fingerprint density at radius 3 is 2.25 bits per heavy atom. The van der Waals surface area contributed by atoms with E-state index < -0.39 is 0 Å². The molecule has 0 aliphatic rings. The third-order valence-electron chi connectivity index (χ3n) is 0.129. The third kappa shape index (κ3) is 2.62. The molecule has 4 heavy (non-hydrogen) atoms. The van der Waals surface area contributed by atoms with E-state index >= 15 is 0 Å². The maximum atomic E-state index is 3.51. The molecule has 0 aromatic heterocycles. The Hall–Kier alpha value is 0.623. The van der Waals surface area contributed by atoms with E-state index in [-0.39, 0.29) is 0 Å². The standard InChI is InChI=1S/C3H5.Bi/c1-3-2;/h3H,1-2H2;. The molecule has 0 aliphatic carbocycles. The summed E-state index contributed by atoms with van der Waals surface area (Å²) >= 11 is 1.43. The van der Waals surface area contributed by atoms with Crippen LogP contribution >= 0.6 is 0 Å². The molecule has 0 N–H and O–H groups in total. The summed E-state index contributed by atoms with van der Waals surface area (Å²) in [5.41, 5.74) is 0. The van der Waals surface area contributed by atoms with Crippen molar-refractivity contribution >= 4 is 24.7 Å². The molecule has 0 spiro atoms. The van der Waals surface area contributed by atoms with Crippen LogP contribution in [-0.2, 0) is 0 Å². The molecule has 0 heterocycles. The fourth-order valence-corrected chi connectivity index (χ4v) is 0. The van der Waals surface area contributed by atoms with Crippen molar-refractivity contribution in [2.24, 2.45) is 0 Å². The molecule has 0 bridgehead atoms. The van der Waals surface area contributed by atoms with Crippen molar-refractivity contribution in [2.45, 2.75) is 4.13 Å². The first-order valence-corrected chi connectivity index (χ1v) is 3.59. The summed E-state index contributed by atoms with van der Waals surface area (Å²) in [5.74, 6) is 0. The van der Waals surface area contributed by atoms with Gasteiger partial charge in [0.05, 0.1) is 0 Å². The monoisotopic (exact) mass is 250 g/mol. The summed E-state index contributed by atoms with van der Waals surface area (Å²) in [5, 5.41) is 0. The predicted molar refractivity (Wildman–Crippen MR) is 20.8 cm³/mol. The fourth-order valence-electron chi connectivity index (χ4n) is 0. The van der Waals surface area contributed by atoms with Crippen LogP contribution in [0.25, 0.3) is 0 Å². The second kappa shape index (κ2) is 3.62. The maximum absolute atomic E-state index is 3.51. The van der Waals surface area contributed by atoms with Gasteiger partial charge in [-0.25, -0.2) is 0 Å². The first kappa shape index (κ1) is 4.62. The van der Waals surface area contributed by atoms with E-state index in [9.17, 15) is 0 Å². The van der Waals surface area contributed by atoms with Crippen molar-refractivity contribution in [1.29, 1.82) is 0 Å². The molecule has 0 aromatic carbocycles. The van der Waals surface area contributed by atoms with Crippen LogP contribution in [0.5, 0.6) is 0 Å². The van der Waals surface area contributed by atoms with Crippen LogP contribution in [0.4, 0.5) is 0 Å². The number of hydrogen-bond donors (Lipinski definition) is 0. The van der Waals surface area contributed by atoms with Gasteiger partial charge in [0.2, 0.25) is 0 Å². The summed E-state index contributed by atoms with van der Waals surface area (Å²) in [7, 11) is 0. The summed E-state index contributed by atoms with van der Waals surface area (Å²) in [6, 6.07) is 0. The minimum absolute atomic E-state index is 1.19. The van der Waals surface area contributed by atoms with Crippen LogP contribution in [0.2, 0.25) is 4.13 Å². The van der Waals surface area contributed by atoms with Gasteiger partial charge in [0, 0.05) is 0 Å². The minimum atomic E-state index is 1.19. The van der Waals surface area contributed by atoms with Gasteiger partial charge in [-0.15, -0.1) is 0 Å². The van der Waals surface area contributed by atoms with E-state index in [1.165, 1.54) is 28.8 Å². The zero-order chi connectivity index (χ0) is 3.41. The Morgan fingerprint density at radius 1 is 2.00 bits per heavy atom. The van der Waals surface area contributed by atoms with Gasteiger partial charge in [0.15, 0.2) is 0 Å². The Bertz CT molecular complexity index is 17.2. The Kier molecular flexibility index (Phi) is 4.19. The van der Waals surface area contributed by atoms with Crippen LogP contribution in [0, 0.1) is 0 Å². The fraction of sp³-hybridized carbons (Fsp3) is 0.333. The molecule has 2 radical (unpaired) electrons. The van der Waals surface area contributed by atoms with E-state index in [1.807, 2.05) is 6.08 Å². The molecule has 0 unspecified atom stereocenters. The SMILES string of the molecule is C=C[CH2][Bi]. The van der Waals surface area contributed by atoms with Crippen molar-refractivity contribution in [3.8, 4) is 0 Å². The summed E-state index contributed by atoms with van der Waals surface area (Å²) in [6.07, 6.45) is 1.92. The molecule has 1 heteroatoms. The van der Waals surface area contributed by atoms with Crippen LogP contribution in [0.1, 0.15) is 0 Å². The van der Waals surface area contributed by atoms with Gasteiger partial charge >= 0.3 is 41.5 Å². The van der Waals surface area contributed by atoms with Crippen molar-refractivity contribution in [1.82, 2.24) is 0 Å². The molecule has 0 saturated carbocycles.